The SMILES string of the molecule is c1ccc(N(c2ccc(-c3ccc4c(c3)oc3ccc(-c5ccc6ccc7c8cccc(-c9ccccc9N(c9ccc(-c%10cccc%11oc%12ccccc%12c%10%11)cc9)c9cccc%10c9oc9ccccc9%10)c8oc7c6c5)cc34)cc2)c2ccc3oc4ccccc4c3c2)c(-c2cccc3c2oc2c4ccccc4ccc32)c1. The van der Waals surface area contributed by atoms with E-state index in [2.05, 4.69) is 337 Å². The topological polar surface area (TPSA) is 85.3 Å². The third kappa shape index (κ3) is 9.49. The molecule has 112 heavy (non-hydrogen) atoms. The smallest absolute Gasteiger partial charge is 0.159 e. The van der Waals surface area contributed by atoms with Gasteiger partial charge < -0.3 is 36.3 Å². The van der Waals surface area contributed by atoms with Crippen molar-refractivity contribution in [1.29, 1.82) is 0 Å². The summed E-state index contributed by atoms with van der Waals surface area (Å²) in [5.74, 6) is 0. The standard InChI is InChI=1S/C104H60N2O6/c1-2-18-72-62(17-1)43-53-83-81-27-13-25-78(101(81)111-100(72)83)73-19-3-8-30-89(73)105(70-51-56-96-88(60-70)76-22-6-10-33-92(76)107-96)68-47-39-61(40-48-68)67-45-52-77-87-58-66(46-55-95(87)109-98(77)59-67)65-38-37-64-44-54-84-82-28-14-26-79(102(82)112-103(84)86(64)57-65)74-20-4-9-31-90(74)106(91-32-15-29-80-75-21-5-11-34-93(75)110-104(80)91)69-49-41-63(42-50-69)71-24-16-36-97-99(71)85-23-7-12-35-94(85)108-97/h1-60H. The van der Waals surface area contributed by atoms with Crippen LogP contribution in [0.1, 0.15) is 0 Å². The molecule has 6 heterocycles. The van der Waals surface area contributed by atoms with Gasteiger partial charge in [0.05, 0.1) is 17.1 Å². The van der Waals surface area contributed by atoms with Crippen molar-refractivity contribution in [3.63, 3.8) is 0 Å². The van der Waals surface area contributed by atoms with Crippen molar-refractivity contribution >= 4 is 187 Å². The van der Waals surface area contributed by atoms with Crippen LogP contribution in [0.4, 0.5) is 34.1 Å². The van der Waals surface area contributed by atoms with Gasteiger partial charge >= 0.3 is 0 Å². The van der Waals surface area contributed by atoms with Gasteiger partial charge in [-0.2, -0.15) is 0 Å². The van der Waals surface area contributed by atoms with Crippen LogP contribution < -0.4 is 9.80 Å². The Hall–Kier alpha value is -15.1. The molecule has 0 saturated heterocycles. The Morgan fingerprint density at radius 3 is 1.28 bits per heavy atom. The number of furan rings is 6. The monoisotopic (exact) mass is 1430 g/mol. The molecule has 24 rings (SSSR count). The molecule has 0 aliphatic carbocycles. The second kappa shape index (κ2) is 24.2. The zero-order valence-corrected chi connectivity index (χ0v) is 60.0. The lowest BCUT2D eigenvalue weighted by molar-refractivity contribution is 0.668. The number of rotatable bonds is 11. The molecule has 0 aliphatic heterocycles. The van der Waals surface area contributed by atoms with E-state index >= 15 is 0 Å². The van der Waals surface area contributed by atoms with Crippen LogP contribution in [0.15, 0.2) is 390 Å². The fraction of sp³-hybridized carbons (Fsp3) is 0. The number of anilines is 6. The first kappa shape index (κ1) is 62.0. The van der Waals surface area contributed by atoms with E-state index in [9.17, 15) is 0 Å². The summed E-state index contributed by atoms with van der Waals surface area (Å²) in [6.07, 6.45) is 0. The van der Waals surface area contributed by atoms with Crippen molar-refractivity contribution < 1.29 is 26.5 Å². The molecule has 18 aromatic carbocycles. The average Bonchev–Trinajstić information content (AvgIpc) is 1.54. The maximum absolute atomic E-state index is 7.35. The van der Waals surface area contributed by atoms with Crippen LogP contribution in [0.3, 0.4) is 0 Å². The average molecular weight is 1430 g/mol. The lowest BCUT2D eigenvalue weighted by atomic mass is 9.97. The first-order valence-electron chi connectivity index (χ1n) is 37.9. The molecule has 0 saturated carbocycles. The van der Waals surface area contributed by atoms with E-state index in [0.29, 0.717) is 0 Å². The molecule has 0 atom stereocenters. The van der Waals surface area contributed by atoms with E-state index in [1.54, 1.807) is 0 Å². The predicted octanol–water partition coefficient (Wildman–Crippen LogP) is 30.7. The summed E-state index contributed by atoms with van der Waals surface area (Å²) in [6, 6.07) is 129. The highest BCUT2D eigenvalue weighted by atomic mass is 16.3. The zero-order valence-electron chi connectivity index (χ0n) is 60.0. The van der Waals surface area contributed by atoms with Gasteiger partial charge in [0, 0.05) is 115 Å². The second-order valence-corrected chi connectivity index (χ2v) is 29.2. The van der Waals surface area contributed by atoms with Gasteiger partial charge in [-0.1, -0.05) is 237 Å². The largest absolute Gasteiger partial charge is 0.456 e. The Kier molecular flexibility index (Phi) is 13.4. The summed E-state index contributed by atoms with van der Waals surface area (Å²) < 4.78 is 40.7. The molecule has 0 spiro atoms. The van der Waals surface area contributed by atoms with Crippen molar-refractivity contribution in [1.82, 2.24) is 0 Å². The molecule has 0 aliphatic rings. The number of fused-ring (bicyclic) bond motifs is 22. The minimum Gasteiger partial charge on any atom is -0.456 e. The highest BCUT2D eigenvalue weighted by molar-refractivity contribution is 6.21. The molecular formula is C104H60N2O6. The van der Waals surface area contributed by atoms with Gasteiger partial charge in [0.15, 0.2) is 5.58 Å². The Morgan fingerprint density at radius 2 is 0.554 bits per heavy atom. The number of benzene rings is 18. The van der Waals surface area contributed by atoms with Crippen molar-refractivity contribution in [3.05, 3.63) is 364 Å². The highest BCUT2D eigenvalue weighted by Crippen LogP contribution is 2.52. The molecule has 0 N–H and O–H groups in total. The quantitative estimate of drug-likeness (QED) is 0.127. The summed E-state index contributed by atoms with van der Waals surface area (Å²) in [4.78, 5) is 4.70. The van der Waals surface area contributed by atoms with Crippen LogP contribution >= 0.6 is 0 Å². The molecular weight excluding hydrogens is 1370 g/mol. The minimum atomic E-state index is 0.801. The van der Waals surface area contributed by atoms with Gasteiger partial charge in [-0.25, -0.2) is 0 Å². The van der Waals surface area contributed by atoms with Crippen LogP contribution in [0.2, 0.25) is 0 Å². The summed E-state index contributed by atoms with van der Waals surface area (Å²) in [6.45, 7) is 0. The molecule has 0 unspecified atom stereocenters. The van der Waals surface area contributed by atoms with Crippen LogP contribution in [0.5, 0.6) is 0 Å². The summed E-state index contributed by atoms with van der Waals surface area (Å²) in [5, 5.41) is 17.1. The molecule has 522 valence electrons. The molecule has 0 bridgehead atoms. The Morgan fingerprint density at radius 1 is 0.161 bits per heavy atom. The lowest BCUT2D eigenvalue weighted by Gasteiger charge is -2.28. The third-order valence-corrected chi connectivity index (χ3v) is 23.1. The number of hydrogen-bond donors (Lipinski definition) is 0. The molecule has 24 aromatic rings. The van der Waals surface area contributed by atoms with Gasteiger partial charge in [0.2, 0.25) is 0 Å². The number of hydrogen-bond acceptors (Lipinski definition) is 8. The molecule has 8 heteroatoms. The second-order valence-electron chi connectivity index (χ2n) is 29.2. The normalized spacial score (nSPS) is 12.1. The van der Waals surface area contributed by atoms with E-state index in [0.717, 1.165) is 243 Å². The maximum atomic E-state index is 7.35. The number of nitrogens with zero attached hydrogens (tertiary/aromatic N) is 2. The van der Waals surface area contributed by atoms with Crippen LogP contribution in [-0.2, 0) is 0 Å². The van der Waals surface area contributed by atoms with E-state index in [-0.39, 0.29) is 0 Å². The van der Waals surface area contributed by atoms with E-state index < -0.39 is 0 Å². The van der Waals surface area contributed by atoms with Gasteiger partial charge in [0.1, 0.15) is 61.4 Å². The Labute approximate surface area is 639 Å². The summed E-state index contributed by atoms with van der Waals surface area (Å²) >= 11 is 0. The molecule has 0 radical (unpaired) electrons. The third-order valence-electron chi connectivity index (χ3n) is 23.1. The minimum absolute atomic E-state index is 0.801. The predicted molar refractivity (Wildman–Crippen MR) is 462 cm³/mol. The van der Waals surface area contributed by atoms with Crippen molar-refractivity contribution in [2.75, 3.05) is 9.80 Å². The highest BCUT2D eigenvalue weighted by Gasteiger charge is 2.27. The first-order valence-corrected chi connectivity index (χ1v) is 37.9. The van der Waals surface area contributed by atoms with Crippen LogP contribution in [-0.4, -0.2) is 0 Å². The van der Waals surface area contributed by atoms with Gasteiger partial charge in [-0.3, -0.25) is 0 Å². The van der Waals surface area contributed by atoms with Gasteiger partial charge in [-0.15, -0.1) is 0 Å². The lowest BCUT2D eigenvalue weighted by Crippen LogP contribution is -2.11. The summed E-state index contributed by atoms with van der Waals surface area (Å²) in [5.41, 5.74) is 26.5. The van der Waals surface area contributed by atoms with Crippen LogP contribution in [0.25, 0.3) is 209 Å². The molecule has 0 fully saturated rings. The Balaban J connectivity index is 0.579. The first-order chi connectivity index (χ1) is 55.5. The van der Waals surface area contributed by atoms with Gasteiger partial charge in [-0.05, 0) is 172 Å². The molecule has 0 amide bonds. The fourth-order valence-electron chi connectivity index (χ4n) is 17.8. The number of para-hydroxylation sites is 8. The van der Waals surface area contributed by atoms with E-state index in [4.69, 9.17) is 26.5 Å². The Bertz CT molecular complexity index is 8040. The van der Waals surface area contributed by atoms with Crippen LogP contribution in [0, 0.1) is 0 Å². The zero-order chi connectivity index (χ0) is 73.2. The van der Waals surface area contributed by atoms with E-state index in [1.165, 1.54) is 0 Å². The molecule has 6 aromatic heterocycles. The van der Waals surface area contributed by atoms with Gasteiger partial charge in [0.25, 0.3) is 0 Å². The van der Waals surface area contributed by atoms with Crippen molar-refractivity contribution in [3.8, 4) is 55.6 Å². The van der Waals surface area contributed by atoms with E-state index in [1.807, 2.05) is 36.4 Å². The fourth-order valence-corrected chi connectivity index (χ4v) is 17.8. The van der Waals surface area contributed by atoms with Crippen molar-refractivity contribution in [2.24, 2.45) is 0 Å². The maximum Gasteiger partial charge on any atom is 0.159 e. The molecule has 8 nitrogen and oxygen atoms in total. The van der Waals surface area contributed by atoms with Crippen molar-refractivity contribution in [2.45, 2.75) is 0 Å². The summed E-state index contributed by atoms with van der Waals surface area (Å²) in [7, 11) is 0.